The van der Waals surface area contributed by atoms with Crippen LogP contribution in [0.4, 0.5) is 0 Å². The Kier molecular flexibility index (Phi) is 8.66. The molecule has 0 atom stereocenters. The van der Waals surface area contributed by atoms with Gasteiger partial charge in [0.05, 0.1) is 0 Å². The van der Waals surface area contributed by atoms with E-state index in [-0.39, 0.29) is 0 Å². The Balaban J connectivity index is 0.000000472. The van der Waals surface area contributed by atoms with Crippen molar-refractivity contribution in [3.8, 4) is 0 Å². The molecule has 140 valence electrons. The SMILES string of the molecule is C=C[Si](C)(C)O[Si](C)(O[Si](C)(C)C=C)c1ccccc1.c1ccccc1. The minimum absolute atomic E-state index is 1.17. The molecule has 2 nitrogen and oxygen atoms in total. The average molecular weight is 401 g/mol. The summed E-state index contributed by atoms with van der Waals surface area (Å²) in [6, 6.07) is 22.3. The summed E-state index contributed by atoms with van der Waals surface area (Å²) >= 11 is 0. The minimum Gasteiger partial charge on any atom is -0.430 e. The van der Waals surface area contributed by atoms with Crippen LogP contribution in [-0.2, 0) is 8.23 Å². The monoisotopic (exact) mass is 400 g/mol. The predicted octanol–water partition coefficient (Wildman–Crippen LogP) is 5.55. The summed E-state index contributed by atoms with van der Waals surface area (Å²) < 4.78 is 13.0. The Morgan fingerprint density at radius 3 is 1.23 bits per heavy atom. The van der Waals surface area contributed by atoms with Crippen LogP contribution >= 0.6 is 0 Å². The summed E-state index contributed by atoms with van der Waals surface area (Å²) in [6.45, 7) is 18.6. The van der Waals surface area contributed by atoms with Gasteiger partial charge in [-0.1, -0.05) is 78.1 Å². The van der Waals surface area contributed by atoms with Gasteiger partial charge in [0, 0.05) is 0 Å². The van der Waals surface area contributed by atoms with Crippen molar-refractivity contribution in [1.29, 1.82) is 0 Å². The highest BCUT2D eigenvalue weighted by atomic mass is 28.5. The van der Waals surface area contributed by atoms with Crippen LogP contribution in [-0.4, -0.2) is 25.2 Å². The largest absolute Gasteiger partial charge is 0.430 e. The third-order valence-electron chi connectivity index (χ3n) is 3.86. The van der Waals surface area contributed by atoms with E-state index in [1.54, 1.807) is 0 Å². The van der Waals surface area contributed by atoms with E-state index in [0.29, 0.717) is 0 Å². The molecule has 5 heteroatoms. The highest BCUT2D eigenvalue weighted by molar-refractivity contribution is 6.96. The first-order chi connectivity index (χ1) is 12.1. The molecular weight excluding hydrogens is 368 g/mol. The van der Waals surface area contributed by atoms with Crippen LogP contribution in [0, 0.1) is 0 Å². The summed E-state index contributed by atoms with van der Waals surface area (Å²) in [4.78, 5) is 0. The van der Waals surface area contributed by atoms with Crippen LogP contribution in [0.25, 0.3) is 0 Å². The number of rotatable bonds is 7. The fourth-order valence-corrected chi connectivity index (χ4v) is 13.3. The molecule has 0 spiro atoms. The number of benzene rings is 2. The predicted molar refractivity (Wildman–Crippen MR) is 122 cm³/mol. The van der Waals surface area contributed by atoms with Crippen molar-refractivity contribution in [2.24, 2.45) is 0 Å². The second-order valence-electron chi connectivity index (χ2n) is 7.29. The molecule has 26 heavy (non-hydrogen) atoms. The topological polar surface area (TPSA) is 18.5 Å². The van der Waals surface area contributed by atoms with Crippen molar-refractivity contribution in [1.82, 2.24) is 0 Å². The molecule has 0 aliphatic heterocycles. The van der Waals surface area contributed by atoms with Gasteiger partial charge in [-0.3, -0.25) is 0 Å². The van der Waals surface area contributed by atoms with Gasteiger partial charge in [-0.15, -0.1) is 13.2 Å². The van der Waals surface area contributed by atoms with E-state index in [4.69, 9.17) is 8.23 Å². The highest BCUT2D eigenvalue weighted by Gasteiger charge is 2.43. The normalized spacial score (nSPS) is 11.9. The van der Waals surface area contributed by atoms with Gasteiger partial charge in [-0.2, -0.15) is 0 Å². The molecule has 2 aromatic rings. The third-order valence-corrected chi connectivity index (χ3v) is 14.5. The van der Waals surface area contributed by atoms with Crippen LogP contribution in [0.15, 0.2) is 91.3 Å². The van der Waals surface area contributed by atoms with Crippen LogP contribution in [0.2, 0.25) is 32.7 Å². The number of hydrogen-bond donors (Lipinski definition) is 0. The lowest BCUT2D eigenvalue weighted by molar-refractivity contribution is 0.409. The maximum absolute atomic E-state index is 6.52. The van der Waals surface area contributed by atoms with E-state index in [1.807, 2.05) is 66.0 Å². The van der Waals surface area contributed by atoms with Crippen molar-refractivity contribution < 1.29 is 8.23 Å². The van der Waals surface area contributed by atoms with Gasteiger partial charge in [0.2, 0.25) is 0 Å². The molecule has 0 aliphatic rings. The second kappa shape index (κ2) is 9.99. The summed E-state index contributed by atoms with van der Waals surface area (Å²) in [5.41, 5.74) is 3.93. The lowest BCUT2D eigenvalue weighted by Gasteiger charge is -2.38. The summed E-state index contributed by atoms with van der Waals surface area (Å²) in [7, 11) is -6.30. The Labute approximate surface area is 162 Å². The van der Waals surface area contributed by atoms with Gasteiger partial charge in [-0.25, -0.2) is 0 Å². The average Bonchev–Trinajstić information content (AvgIpc) is 2.63. The Morgan fingerprint density at radius 1 is 0.615 bits per heavy atom. The van der Waals surface area contributed by atoms with Crippen molar-refractivity contribution in [3.63, 3.8) is 0 Å². The van der Waals surface area contributed by atoms with Gasteiger partial charge in [0.1, 0.15) is 0 Å². The maximum atomic E-state index is 6.52. The third kappa shape index (κ3) is 7.80. The first-order valence-electron chi connectivity index (χ1n) is 8.87. The fraction of sp³-hybridized carbons (Fsp3) is 0.238. The molecule has 0 amide bonds. The zero-order chi connectivity index (χ0) is 19.7. The van der Waals surface area contributed by atoms with Crippen molar-refractivity contribution in [3.05, 3.63) is 91.3 Å². The van der Waals surface area contributed by atoms with Crippen molar-refractivity contribution in [2.45, 2.75) is 32.7 Å². The zero-order valence-electron chi connectivity index (χ0n) is 16.7. The molecule has 0 saturated carbocycles. The van der Waals surface area contributed by atoms with Crippen LogP contribution in [0.1, 0.15) is 0 Å². The second-order valence-corrected chi connectivity index (χ2v) is 18.6. The van der Waals surface area contributed by atoms with Crippen LogP contribution in [0.3, 0.4) is 0 Å². The van der Waals surface area contributed by atoms with Crippen LogP contribution < -0.4 is 5.19 Å². The number of hydrogen-bond acceptors (Lipinski definition) is 2. The molecule has 2 aromatic carbocycles. The Hall–Kier alpha value is -1.51. The summed E-state index contributed by atoms with van der Waals surface area (Å²) in [6.07, 6.45) is 0. The molecular formula is C21H32O2Si3. The quantitative estimate of drug-likeness (QED) is 0.568. The van der Waals surface area contributed by atoms with Crippen molar-refractivity contribution in [2.75, 3.05) is 0 Å². The van der Waals surface area contributed by atoms with Gasteiger partial charge >= 0.3 is 8.56 Å². The lowest BCUT2D eigenvalue weighted by atomic mass is 10.4. The highest BCUT2D eigenvalue weighted by Crippen LogP contribution is 2.21. The minimum atomic E-state index is -2.46. The molecule has 0 aliphatic carbocycles. The standard InChI is InChI=1S/C15H26O2Si3.C6H6/c1-8-18(3,4)16-20(7,17-19(5,6)9-2)15-13-11-10-12-14-15;1-2-4-6-5-3-1/h8-14H,1-2H2,3-7H3;1-6H. The van der Waals surface area contributed by atoms with Gasteiger partial charge in [-0.05, 0) is 37.9 Å². The Morgan fingerprint density at radius 2 is 0.923 bits per heavy atom. The first-order valence-corrected chi connectivity index (χ1v) is 17.2. The molecule has 0 unspecified atom stereocenters. The van der Waals surface area contributed by atoms with E-state index < -0.39 is 25.2 Å². The van der Waals surface area contributed by atoms with Gasteiger partial charge < -0.3 is 8.23 Å². The molecule has 0 aromatic heterocycles. The fourth-order valence-electron chi connectivity index (χ4n) is 2.35. The molecule has 0 fully saturated rings. The smallest absolute Gasteiger partial charge is 0.349 e. The molecule has 0 N–H and O–H groups in total. The summed E-state index contributed by atoms with van der Waals surface area (Å²) in [5.74, 6) is 0. The summed E-state index contributed by atoms with van der Waals surface area (Å²) in [5, 5.41) is 1.17. The van der Waals surface area contributed by atoms with E-state index in [1.165, 1.54) is 5.19 Å². The van der Waals surface area contributed by atoms with E-state index in [9.17, 15) is 0 Å². The maximum Gasteiger partial charge on any atom is 0.349 e. The van der Waals surface area contributed by atoms with Gasteiger partial charge in [0.25, 0.3) is 0 Å². The van der Waals surface area contributed by atoms with Crippen LogP contribution in [0.5, 0.6) is 0 Å². The van der Waals surface area contributed by atoms with E-state index >= 15 is 0 Å². The first kappa shape index (κ1) is 22.5. The van der Waals surface area contributed by atoms with Gasteiger partial charge in [0.15, 0.2) is 16.6 Å². The van der Waals surface area contributed by atoms with Crippen molar-refractivity contribution >= 4 is 30.4 Å². The zero-order valence-corrected chi connectivity index (χ0v) is 19.7. The molecule has 0 radical (unpaired) electrons. The molecule has 0 bridgehead atoms. The van der Waals surface area contributed by atoms with E-state index in [0.717, 1.165) is 0 Å². The lowest BCUT2D eigenvalue weighted by Crippen LogP contribution is -2.60. The molecule has 0 saturated heterocycles. The Bertz CT molecular complexity index is 621. The molecule has 0 heterocycles. The van der Waals surface area contributed by atoms with E-state index in [2.05, 4.69) is 58.0 Å². The molecule has 2 rings (SSSR count).